The van der Waals surface area contributed by atoms with Crippen LogP contribution in [0.3, 0.4) is 0 Å². The molecule has 6 heteroatoms. The van der Waals surface area contributed by atoms with E-state index in [4.69, 9.17) is 11.6 Å². The van der Waals surface area contributed by atoms with E-state index in [1.165, 1.54) is 0 Å². The maximum atomic E-state index is 12.3. The van der Waals surface area contributed by atoms with Gasteiger partial charge in [-0.25, -0.2) is 0 Å². The number of hydrogen-bond acceptors (Lipinski definition) is 0. The van der Waals surface area contributed by atoms with Gasteiger partial charge in [-0.05, 0) is 29.3 Å². The number of rotatable bonds is 4. The number of halogens is 6. The van der Waals surface area contributed by atoms with Crippen molar-refractivity contribution in [2.24, 2.45) is 5.92 Å². The number of allylic oxidation sites excluding steroid dienone is 2. The molecular formula is C9H12Br2ClF3. The van der Waals surface area contributed by atoms with Crippen molar-refractivity contribution in [1.82, 2.24) is 0 Å². The third-order valence-corrected chi connectivity index (χ3v) is 3.30. The third kappa shape index (κ3) is 6.17. The van der Waals surface area contributed by atoms with E-state index in [0.717, 1.165) is 12.5 Å². The van der Waals surface area contributed by atoms with Crippen LogP contribution < -0.4 is 0 Å². The van der Waals surface area contributed by atoms with Crippen LogP contribution in [0.2, 0.25) is 0 Å². The average Bonchev–Trinajstić information content (AvgIpc) is 1.97. The lowest BCUT2D eigenvalue weighted by molar-refractivity contribution is -0.128. The van der Waals surface area contributed by atoms with E-state index in [1.807, 2.05) is 13.8 Å². The number of alkyl halides is 5. The first kappa shape index (κ1) is 15.8. The monoisotopic (exact) mass is 370 g/mol. The SMILES string of the molecule is CC(C)CCC(Br)=CC(Cl)(Br)C(F)(F)F. The van der Waals surface area contributed by atoms with Gasteiger partial charge in [-0.1, -0.05) is 57.3 Å². The first-order valence-corrected chi connectivity index (χ1v) is 6.34. The van der Waals surface area contributed by atoms with Crippen molar-refractivity contribution >= 4 is 43.5 Å². The Balaban J connectivity index is 4.46. The normalized spacial score (nSPS) is 18.1. The minimum Gasteiger partial charge on any atom is -0.168 e. The van der Waals surface area contributed by atoms with Crippen LogP contribution in [0.1, 0.15) is 26.7 Å². The van der Waals surface area contributed by atoms with Gasteiger partial charge in [0.15, 0.2) is 0 Å². The van der Waals surface area contributed by atoms with Crippen LogP contribution in [0.15, 0.2) is 10.6 Å². The van der Waals surface area contributed by atoms with Crippen LogP contribution in [0, 0.1) is 5.92 Å². The Morgan fingerprint density at radius 2 is 1.87 bits per heavy atom. The van der Waals surface area contributed by atoms with Gasteiger partial charge in [0.25, 0.3) is 0 Å². The Kier molecular flexibility index (Phi) is 6.22. The molecule has 0 aliphatic rings. The van der Waals surface area contributed by atoms with Crippen LogP contribution in [-0.4, -0.2) is 9.96 Å². The maximum absolute atomic E-state index is 12.3. The lowest BCUT2D eigenvalue weighted by atomic mass is 10.1. The van der Waals surface area contributed by atoms with Crippen molar-refractivity contribution in [2.45, 2.75) is 36.6 Å². The molecule has 0 aliphatic heterocycles. The molecule has 90 valence electrons. The highest BCUT2D eigenvalue weighted by molar-refractivity contribution is 9.12. The molecule has 1 atom stereocenters. The summed E-state index contributed by atoms with van der Waals surface area (Å²) in [4.78, 5) is 0. The summed E-state index contributed by atoms with van der Waals surface area (Å²) >= 11 is 10.8. The first-order chi connectivity index (χ1) is 6.56. The fourth-order valence-electron chi connectivity index (χ4n) is 0.777. The standard InChI is InChI=1S/C9H12Br2ClF3/c1-6(2)3-4-7(10)5-8(11,12)9(13,14)15/h5-6H,3-4H2,1-2H3. The minimum absolute atomic E-state index is 0.442. The molecule has 0 bridgehead atoms. The van der Waals surface area contributed by atoms with Crippen molar-refractivity contribution in [3.8, 4) is 0 Å². The summed E-state index contributed by atoms with van der Waals surface area (Å²) in [5, 5.41) is 0. The molecule has 15 heavy (non-hydrogen) atoms. The quantitative estimate of drug-likeness (QED) is 0.564. The molecule has 0 aromatic rings. The minimum atomic E-state index is -4.51. The Hall–Kier alpha value is 0.780. The summed E-state index contributed by atoms with van der Waals surface area (Å²) in [5.74, 6) is 0.442. The summed E-state index contributed by atoms with van der Waals surface area (Å²) in [6.45, 7) is 4.01. The van der Waals surface area contributed by atoms with Gasteiger partial charge in [-0.2, -0.15) is 13.2 Å². The Labute approximate surface area is 110 Å². The van der Waals surface area contributed by atoms with Crippen LogP contribution in [-0.2, 0) is 0 Å². The molecule has 0 rings (SSSR count). The zero-order valence-corrected chi connectivity index (χ0v) is 12.3. The van der Waals surface area contributed by atoms with E-state index in [-0.39, 0.29) is 0 Å². The van der Waals surface area contributed by atoms with Crippen LogP contribution in [0.5, 0.6) is 0 Å². The topological polar surface area (TPSA) is 0 Å². The molecule has 0 aliphatic carbocycles. The van der Waals surface area contributed by atoms with E-state index in [0.29, 0.717) is 16.8 Å². The predicted molar refractivity (Wildman–Crippen MR) is 64.6 cm³/mol. The van der Waals surface area contributed by atoms with Gasteiger partial charge in [0.05, 0.1) is 0 Å². The van der Waals surface area contributed by atoms with Gasteiger partial charge in [-0.3, -0.25) is 0 Å². The molecule has 0 aromatic heterocycles. The number of hydrogen-bond donors (Lipinski definition) is 0. The largest absolute Gasteiger partial charge is 0.421 e. The summed E-state index contributed by atoms with van der Waals surface area (Å²) in [6.07, 6.45) is -2.20. The van der Waals surface area contributed by atoms with Crippen molar-refractivity contribution in [3.63, 3.8) is 0 Å². The van der Waals surface area contributed by atoms with Gasteiger partial charge in [0.1, 0.15) is 0 Å². The summed E-state index contributed by atoms with van der Waals surface area (Å²) in [7, 11) is 0. The molecule has 0 heterocycles. The van der Waals surface area contributed by atoms with Gasteiger partial charge >= 0.3 is 6.18 Å². The van der Waals surface area contributed by atoms with Gasteiger partial charge < -0.3 is 0 Å². The van der Waals surface area contributed by atoms with Crippen molar-refractivity contribution in [3.05, 3.63) is 10.6 Å². The highest BCUT2D eigenvalue weighted by Gasteiger charge is 2.50. The van der Waals surface area contributed by atoms with Crippen molar-refractivity contribution in [1.29, 1.82) is 0 Å². The Morgan fingerprint density at radius 3 is 2.20 bits per heavy atom. The van der Waals surface area contributed by atoms with Crippen LogP contribution >= 0.6 is 43.5 Å². The van der Waals surface area contributed by atoms with Gasteiger partial charge in [-0.15, -0.1) is 0 Å². The zero-order chi connectivity index (χ0) is 12.3. The van der Waals surface area contributed by atoms with E-state index < -0.39 is 9.96 Å². The molecule has 0 spiro atoms. The molecule has 0 nitrogen and oxygen atoms in total. The summed E-state index contributed by atoms with van der Waals surface area (Å²) < 4.78 is 35.0. The van der Waals surface area contributed by atoms with E-state index in [9.17, 15) is 13.2 Å². The Bertz CT molecular complexity index is 234. The molecule has 1 unspecified atom stereocenters. The second-order valence-corrected chi connectivity index (χ2v) is 6.97. The first-order valence-electron chi connectivity index (χ1n) is 4.38. The molecule has 0 amide bonds. The summed E-state index contributed by atoms with van der Waals surface area (Å²) in [6, 6.07) is 0. The average molecular weight is 372 g/mol. The summed E-state index contributed by atoms with van der Waals surface area (Å²) in [5.41, 5.74) is 0. The second kappa shape index (κ2) is 5.92. The van der Waals surface area contributed by atoms with E-state index >= 15 is 0 Å². The molecule has 0 aromatic carbocycles. The van der Waals surface area contributed by atoms with E-state index in [2.05, 4.69) is 31.9 Å². The van der Waals surface area contributed by atoms with E-state index in [1.54, 1.807) is 0 Å². The Morgan fingerprint density at radius 1 is 1.40 bits per heavy atom. The van der Waals surface area contributed by atoms with Crippen molar-refractivity contribution < 1.29 is 13.2 Å². The third-order valence-electron chi connectivity index (χ3n) is 1.68. The highest BCUT2D eigenvalue weighted by atomic mass is 79.9. The maximum Gasteiger partial charge on any atom is 0.421 e. The fraction of sp³-hybridized carbons (Fsp3) is 0.778. The lowest BCUT2D eigenvalue weighted by Crippen LogP contribution is -2.31. The van der Waals surface area contributed by atoms with Crippen molar-refractivity contribution in [2.75, 3.05) is 0 Å². The zero-order valence-electron chi connectivity index (χ0n) is 8.34. The van der Waals surface area contributed by atoms with Crippen LogP contribution in [0.25, 0.3) is 0 Å². The molecule has 0 N–H and O–H groups in total. The second-order valence-electron chi connectivity index (χ2n) is 3.64. The molecular weight excluding hydrogens is 360 g/mol. The molecule has 0 radical (unpaired) electrons. The molecule has 0 saturated carbocycles. The van der Waals surface area contributed by atoms with Gasteiger partial charge in [0.2, 0.25) is 3.78 Å². The highest BCUT2D eigenvalue weighted by Crippen LogP contribution is 2.44. The fourth-order valence-corrected chi connectivity index (χ4v) is 2.20. The smallest absolute Gasteiger partial charge is 0.168 e. The van der Waals surface area contributed by atoms with Crippen LogP contribution in [0.4, 0.5) is 13.2 Å². The molecule has 0 fully saturated rings. The lowest BCUT2D eigenvalue weighted by Gasteiger charge is -2.20. The van der Waals surface area contributed by atoms with Gasteiger partial charge in [0, 0.05) is 0 Å². The molecule has 0 saturated heterocycles. The predicted octanol–water partition coefficient (Wildman–Crippen LogP) is 5.59.